The first-order chi connectivity index (χ1) is 10.2. The van der Waals surface area contributed by atoms with Crippen LogP contribution in [0, 0.1) is 11.8 Å². The fraction of sp³-hybridized carbons (Fsp3) is 0.824. The van der Waals surface area contributed by atoms with E-state index in [1.165, 1.54) is 43.4 Å². The molecule has 1 aromatic rings. The van der Waals surface area contributed by atoms with Gasteiger partial charge in [0.25, 0.3) is 0 Å². The van der Waals surface area contributed by atoms with Crippen LogP contribution in [0.2, 0.25) is 0 Å². The summed E-state index contributed by atoms with van der Waals surface area (Å²) in [4.78, 5) is 0. The van der Waals surface area contributed by atoms with Crippen molar-refractivity contribution in [1.82, 2.24) is 15.1 Å². The average molecular weight is 291 g/mol. The number of fused-ring (bicyclic) bond motifs is 1. The molecule has 1 heterocycles. The number of hydrogen-bond donors (Lipinski definition) is 2. The van der Waals surface area contributed by atoms with E-state index in [0.29, 0.717) is 18.6 Å². The second-order valence-electron chi connectivity index (χ2n) is 7.02. The number of nitrogens with one attached hydrogen (secondary N) is 1. The van der Waals surface area contributed by atoms with Crippen molar-refractivity contribution in [2.24, 2.45) is 11.8 Å². The van der Waals surface area contributed by atoms with E-state index in [1.54, 1.807) is 0 Å². The fourth-order valence-corrected chi connectivity index (χ4v) is 4.32. The monoisotopic (exact) mass is 291 g/mol. The summed E-state index contributed by atoms with van der Waals surface area (Å²) in [5.41, 5.74) is 2.71. The Balaban J connectivity index is 1.75. The summed E-state index contributed by atoms with van der Waals surface area (Å²) in [6.07, 6.45) is 9.65. The molecule has 0 aliphatic heterocycles. The standard InChI is InChI=1S/C17H29N3O/c1-12-5-3-6-13(2)17(12)19-15-7-4-8-16-14(15)11-18-20(16)9-10-21/h11-13,15,17,19,21H,3-10H2,1-2H3. The highest BCUT2D eigenvalue weighted by molar-refractivity contribution is 5.25. The maximum Gasteiger partial charge on any atom is 0.0644 e. The van der Waals surface area contributed by atoms with Crippen molar-refractivity contribution in [2.75, 3.05) is 6.61 Å². The van der Waals surface area contributed by atoms with Crippen molar-refractivity contribution < 1.29 is 5.11 Å². The van der Waals surface area contributed by atoms with Gasteiger partial charge in [-0.25, -0.2) is 0 Å². The number of aromatic nitrogens is 2. The average Bonchev–Trinajstić information content (AvgIpc) is 2.88. The van der Waals surface area contributed by atoms with Crippen LogP contribution < -0.4 is 5.32 Å². The van der Waals surface area contributed by atoms with Crippen molar-refractivity contribution in [3.8, 4) is 0 Å². The van der Waals surface area contributed by atoms with Crippen molar-refractivity contribution >= 4 is 0 Å². The molecule has 0 amide bonds. The lowest BCUT2D eigenvalue weighted by atomic mass is 9.77. The molecule has 0 bridgehead atoms. The fourth-order valence-electron chi connectivity index (χ4n) is 4.32. The summed E-state index contributed by atoms with van der Waals surface area (Å²) >= 11 is 0. The third-order valence-electron chi connectivity index (χ3n) is 5.51. The van der Waals surface area contributed by atoms with Gasteiger partial charge in [-0.3, -0.25) is 4.68 Å². The topological polar surface area (TPSA) is 50.1 Å². The van der Waals surface area contributed by atoms with E-state index < -0.39 is 0 Å². The lowest BCUT2D eigenvalue weighted by molar-refractivity contribution is 0.187. The van der Waals surface area contributed by atoms with Gasteiger partial charge in [0.1, 0.15) is 0 Å². The molecule has 0 saturated heterocycles. The molecule has 21 heavy (non-hydrogen) atoms. The second-order valence-corrected chi connectivity index (χ2v) is 7.02. The molecule has 4 heteroatoms. The summed E-state index contributed by atoms with van der Waals surface area (Å²) in [6, 6.07) is 1.09. The predicted octanol–water partition coefficient (Wildman–Crippen LogP) is 2.67. The Morgan fingerprint density at radius 3 is 2.71 bits per heavy atom. The van der Waals surface area contributed by atoms with Gasteiger partial charge in [-0.05, 0) is 43.9 Å². The number of aliphatic hydroxyl groups excluding tert-OH is 1. The van der Waals surface area contributed by atoms with Crippen LogP contribution in [0.25, 0.3) is 0 Å². The molecule has 0 radical (unpaired) electrons. The van der Waals surface area contributed by atoms with Crippen LogP contribution in [0.1, 0.15) is 63.3 Å². The van der Waals surface area contributed by atoms with Crippen molar-refractivity contribution in [1.29, 1.82) is 0 Å². The summed E-state index contributed by atoms with van der Waals surface area (Å²) in [5, 5.41) is 17.6. The SMILES string of the molecule is CC1CCCC(C)C1NC1CCCc2c1cnn2CCO. The van der Waals surface area contributed by atoms with Gasteiger partial charge >= 0.3 is 0 Å². The maximum absolute atomic E-state index is 9.16. The highest BCUT2D eigenvalue weighted by Crippen LogP contribution is 2.35. The Kier molecular flexibility index (Phi) is 4.65. The highest BCUT2D eigenvalue weighted by Gasteiger charge is 2.32. The predicted molar refractivity (Wildman–Crippen MR) is 84.1 cm³/mol. The molecule has 2 aliphatic carbocycles. The molecular formula is C17H29N3O. The van der Waals surface area contributed by atoms with Crippen LogP contribution in [-0.4, -0.2) is 27.5 Å². The molecule has 0 spiro atoms. The van der Waals surface area contributed by atoms with Crippen LogP contribution in [-0.2, 0) is 13.0 Å². The molecule has 0 aromatic carbocycles. The zero-order valence-corrected chi connectivity index (χ0v) is 13.4. The van der Waals surface area contributed by atoms with E-state index in [2.05, 4.69) is 24.3 Å². The number of rotatable bonds is 4. The summed E-state index contributed by atoms with van der Waals surface area (Å²) < 4.78 is 2.00. The smallest absolute Gasteiger partial charge is 0.0644 e. The van der Waals surface area contributed by atoms with Crippen molar-refractivity contribution in [3.05, 3.63) is 17.5 Å². The van der Waals surface area contributed by atoms with E-state index in [4.69, 9.17) is 5.11 Å². The third kappa shape index (κ3) is 3.02. The van der Waals surface area contributed by atoms with Crippen molar-refractivity contribution in [2.45, 2.75) is 71.0 Å². The van der Waals surface area contributed by atoms with Gasteiger partial charge in [0.2, 0.25) is 0 Å². The van der Waals surface area contributed by atoms with E-state index in [-0.39, 0.29) is 6.61 Å². The van der Waals surface area contributed by atoms with Crippen molar-refractivity contribution in [3.63, 3.8) is 0 Å². The number of hydrogen-bond acceptors (Lipinski definition) is 3. The lowest BCUT2D eigenvalue weighted by Crippen LogP contribution is -2.45. The van der Waals surface area contributed by atoms with Gasteiger partial charge in [0, 0.05) is 23.3 Å². The highest BCUT2D eigenvalue weighted by atomic mass is 16.3. The quantitative estimate of drug-likeness (QED) is 0.896. The van der Waals surface area contributed by atoms with Gasteiger partial charge < -0.3 is 10.4 Å². The number of nitrogens with zero attached hydrogens (tertiary/aromatic N) is 2. The minimum Gasteiger partial charge on any atom is -0.394 e. The zero-order valence-electron chi connectivity index (χ0n) is 13.4. The molecule has 2 aliphatic rings. The molecule has 4 nitrogen and oxygen atoms in total. The number of aliphatic hydroxyl groups is 1. The Labute approximate surface area is 127 Å². The first-order valence-electron chi connectivity index (χ1n) is 8.62. The molecule has 3 atom stereocenters. The minimum absolute atomic E-state index is 0.170. The molecule has 1 aromatic heterocycles. The van der Waals surface area contributed by atoms with Gasteiger partial charge in [0.05, 0.1) is 19.3 Å². The molecular weight excluding hydrogens is 262 g/mol. The normalized spacial score (nSPS) is 32.9. The van der Waals surface area contributed by atoms with E-state index in [0.717, 1.165) is 18.3 Å². The largest absolute Gasteiger partial charge is 0.394 e. The molecule has 3 rings (SSSR count). The molecule has 118 valence electrons. The molecule has 2 N–H and O–H groups in total. The Bertz CT molecular complexity index is 461. The summed E-state index contributed by atoms with van der Waals surface area (Å²) in [6.45, 7) is 5.58. The first kappa shape index (κ1) is 15.0. The Morgan fingerprint density at radius 1 is 1.24 bits per heavy atom. The zero-order chi connectivity index (χ0) is 14.8. The van der Waals surface area contributed by atoms with Crippen LogP contribution in [0.4, 0.5) is 0 Å². The van der Waals surface area contributed by atoms with Gasteiger partial charge in [0.15, 0.2) is 0 Å². The van der Waals surface area contributed by atoms with Crippen LogP contribution in [0.5, 0.6) is 0 Å². The van der Waals surface area contributed by atoms with Crippen LogP contribution >= 0.6 is 0 Å². The molecule has 1 fully saturated rings. The van der Waals surface area contributed by atoms with E-state index >= 15 is 0 Å². The van der Waals surface area contributed by atoms with Crippen LogP contribution in [0.3, 0.4) is 0 Å². The summed E-state index contributed by atoms with van der Waals surface area (Å²) in [7, 11) is 0. The first-order valence-corrected chi connectivity index (χ1v) is 8.62. The Hall–Kier alpha value is -0.870. The third-order valence-corrected chi connectivity index (χ3v) is 5.51. The molecule has 1 saturated carbocycles. The van der Waals surface area contributed by atoms with Gasteiger partial charge in [-0.2, -0.15) is 5.10 Å². The minimum atomic E-state index is 0.170. The summed E-state index contributed by atoms with van der Waals surface area (Å²) in [5.74, 6) is 1.54. The Morgan fingerprint density at radius 2 is 2.00 bits per heavy atom. The van der Waals surface area contributed by atoms with Gasteiger partial charge in [-0.1, -0.05) is 20.3 Å². The van der Waals surface area contributed by atoms with Gasteiger partial charge in [-0.15, -0.1) is 0 Å². The van der Waals surface area contributed by atoms with E-state index in [1.807, 2.05) is 10.9 Å². The maximum atomic E-state index is 9.16. The molecule has 3 unspecified atom stereocenters. The lowest BCUT2D eigenvalue weighted by Gasteiger charge is -2.39. The van der Waals surface area contributed by atoms with E-state index in [9.17, 15) is 0 Å². The van der Waals surface area contributed by atoms with Crippen LogP contribution in [0.15, 0.2) is 6.20 Å². The second kappa shape index (κ2) is 6.49.